The topological polar surface area (TPSA) is 64.2 Å². The van der Waals surface area contributed by atoms with E-state index in [1.807, 2.05) is 0 Å². The summed E-state index contributed by atoms with van der Waals surface area (Å²) in [6, 6.07) is 8.56. The zero-order chi connectivity index (χ0) is 9.68. The van der Waals surface area contributed by atoms with Crippen molar-refractivity contribution in [2.75, 3.05) is 6.61 Å². The van der Waals surface area contributed by atoms with Gasteiger partial charge in [-0.25, -0.2) is 0 Å². The summed E-state index contributed by atoms with van der Waals surface area (Å²) in [6.45, 7) is -0.000890. The molecule has 0 amide bonds. The Morgan fingerprint density at radius 1 is 1.31 bits per heavy atom. The number of rotatable bonds is 3. The molecule has 1 rings (SSSR count). The van der Waals surface area contributed by atoms with Crippen molar-refractivity contribution in [3.05, 3.63) is 29.8 Å². The summed E-state index contributed by atoms with van der Waals surface area (Å²) in [5.74, 6) is -0.102. The minimum Gasteiger partial charge on any atom is -0.508 e. The molecule has 0 radical (unpaired) electrons. The highest BCUT2D eigenvalue weighted by atomic mass is 16.3. The zero-order valence-electron chi connectivity index (χ0n) is 7.14. The van der Waals surface area contributed by atoms with Crippen LogP contribution in [0.3, 0.4) is 0 Å². The van der Waals surface area contributed by atoms with Gasteiger partial charge in [-0.15, -0.1) is 0 Å². The number of hydrogen-bond donors (Lipinski definition) is 2. The van der Waals surface area contributed by atoms with Crippen molar-refractivity contribution in [2.24, 2.45) is 0 Å². The Morgan fingerprint density at radius 2 is 1.92 bits per heavy atom. The monoisotopic (exact) mass is 177 g/mol. The molecular formula is C10H11NO2. The van der Waals surface area contributed by atoms with E-state index in [2.05, 4.69) is 6.07 Å². The van der Waals surface area contributed by atoms with Gasteiger partial charge in [-0.1, -0.05) is 12.1 Å². The number of benzene rings is 1. The average Bonchev–Trinajstić information content (AvgIpc) is 2.16. The molecule has 0 aliphatic carbocycles. The molecule has 1 unspecified atom stereocenters. The zero-order valence-corrected chi connectivity index (χ0v) is 7.14. The maximum absolute atomic E-state index is 9.01. The number of hydrogen-bond acceptors (Lipinski definition) is 3. The third-order valence-corrected chi connectivity index (χ3v) is 1.87. The van der Waals surface area contributed by atoms with E-state index < -0.39 is 0 Å². The highest BCUT2D eigenvalue weighted by Gasteiger charge is 2.08. The number of phenolic OH excluding ortho intramolecular Hbond substituents is 1. The van der Waals surface area contributed by atoms with Crippen molar-refractivity contribution >= 4 is 0 Å². The van der Waals surface area contributed by atoms with Gasteiger partial charge in [0.1, 0.15) is 5.75 Å². The van der Waals surface area contributed by atoms with Gasteiger partial charge in [-0.05, 0) is 24.1 Å². The summed E-state index contributed by atoms with van der Waals surface area (Å²) in [4.78, 5) is 0. The van der Waals surface area contributed by atoms with Crippen LogP contribution in [0.1, 0.15) is 17.9 Å². The Bertz CT molecular complexity index is 300. The third-order valence-electron chi connectivity index (χ3n) is 1.87. The van der Waals surface area contributed by atoms with Crippen LogP contribution in [0.5, 0.6) is 5.75 Å². The molecule has 1 atom stereocenters. The van der Waals surface area contributed by atoms with Gasteiger partial charge >= 0.3 is 0 Å². The fourth-order valence-corrected chi connectivity index (χ4v) is 1.14. The smallest absolute Gasteiger partial charge is 0.115 e. The van der Waals surface area contributed by atoms with E-state index in [9.17, 15) is 0 Å². The normalized spacial score (nSPS) is 12.0. The lowest BCUT2D eigenvalue weighted by Gasteiger charge is -2.06. The molecule has 0 aliphatic rings. The van der Waals surface area contributed by atoms with Gasteiger partial charge in [0.15, 0.2) is 0 Å². The van der Waals surface area contributed by atoms with Crippen molar-refractivity contribution in [3.63, 3.8) is 0 Å². The van der Waals surface area contributed by atoms with Crippen LogP contribution in [0.15, 0.2) is 24.3 Å². The van der Waals surface area contributed by atoms with Crippen LogP contribution < -0.4 is 0 Å². The summed E-state index contributed by atoms with van der Waals surface area (Å²) >= 11 is 0. The van der Waals surface area contributed by atoms with E-state index in [0.29, 0.717) is 6.42 Å². The first-order valence-corrected chi connectivity index (χ1v) is 4.07. The number of aliphatic hydroxyl groups is 1. The Balaban J connectivity index is 2.81. The second-order valence-corrected chi connectivity index (χ2v) is 2.79. The second kappa shape index (κ2) is 4.48. The first kappa shape index (κ1) is 9.56. The van der Waals surface area contributed by atoms with Crippen molar-refractivity contribution in [2.45, 2.75) is 12.3 Å². The van der Waals surface area contributed by atoms with Gasteiger partial charge in [-0.3, -0.25) is 0 Å². The van der Waals surface area contributed by atoms with E-state index in [1.54, 1.807) is 12.1 Å². The van der Waals surface area contributed by atoms with Gasteiger partial charge < -0.3 is 10.2 Å². The van der Waals surface area contributed by atoms with Crippen LogP contribution in [0.25, 0.3) is 0 Å². The van der Waals surface area contributed by atoms with Gasteiger partial charge in [0.2, 0.25) is 0 Å². The maximum Gasteiger partial charge on any atom is 0.115 e. The van der Waals surface area contributed by atoms with Crippen LogP contribution in [0, 0.1) is 11.3 Å². The van der Waals surface area contributed by atoms with Crippen LogP contribution >= 0.6 is 0 Å². The molecule has 68 valence electrons. The van der Waals surface area contributed by atoms with E-state index in [4.69, 9.17) is 15.5 Å². The minimum atomic E-state index is -0.286. The number of aliphatic hydroxyl groups excluding tert-OH is 1. The minimum absolute atomic E-state index is 0.000890. The van der Waals surface area contributed by atoms with Crippen LogP contribution in [-0.4, -0.2) is 16.8 Å². The second-order valence-electron chi connectivity index (χ2n) is 2.79. The van der Waals surface area contributed by atoms with Crippen LogP contribution in [0.4, 0.5) is 0 Å². The van der Waals surface area contributed by atoms with Crippen molar-refractivity contribution in [3.8, 4) is 11.8 Å². The summed E-state index contributed by atoms with van der Waals surface area (Å²) in [7, 11) is 0. The SMILES string of the molecule is N#CC(CCO)c1ccc(O)cc1. The number of phenols is 1. The lowest BCUT2D eigenvalue weighted by Crippen LogP contribution is -1.98. The molecule has 1 aromatic rings. The predicted octanol–water partition coefficient (Wildman–Crippen LogP) is 1.38. The lowest BCUT2D eigenvalue weighted by molar-refractivity contribution is 0.283. The molecule has 13 heavy (non-hydrogen) atoms. The fraction of sp³-hybridized carbons (Fsp3) is 0.300. The van der Waals surface area contributed by atoms with Crippen LogP contribution in [0.2, 0.25) is 0 Å². The number of nitriles is 1. The van der Waals surface area contributed by atoms with E-state index >= 15 is 0 Å². The Hall–Kier alpha value is -1.53. The fourth-order valence-electron chi connectivity index (χ4n) is 1.14. The molecule has 0 aromatic heterocycles. The van der Waals surface area contributed by atoms with E-state index in [0.717, 1.165) is 5.56 Å². The molecule has 0 bridgehead atoms. The molecule has 0 saturated heterocycles. The molecule has 3 nitrogen and oxygen atoms in total. The van der Waals surface area contributed by atoms with E-state index in [1.165, 1.54) is 12.1 Å². The maximum atomic E-state index is 9.01. The number of aromatic hydroxyl groups is 1. The summed E-state index contributed by atoms with van der Waals surface area (Å²) in [6.07, 6.45) is 0.432. The van der Waals surface area contributed by atoms with Crippen molar-refractivity contribution in [1.82, 2.24) is 0 Å². The number of nitrogens with zero attached hydrogens (tertiary/aromatic N) is 1. The van der Waals surface area contributed by atoms with Gasteiger partial charge in [0, 0.05) is 6.61 Å². The molecule has 0 spiro atoms. The van der Waals surface area contributed by atoms with Crippen molar-refractivity contribution in [1.29, 1.82) is 5.26 Å². The van der Waals surface area contributed by atoms with Gasteiger partial charge in [0.05, 0.1) is 12.0 Å². The first-order chi connectivity index (χ1) is 6.27. The molecule has 0 fully saturated rings. The first-order valence-electron chi connectivity index (χ1n) is 4.07. The van der Waals surface area contributed by atoms with Gasteiger partial charge in [0.25, 0.3) is 0 Å². The molecule has 2 N–H and O–H groups in total. The lowest BCUT2D eigenvalue weighted by atomic mass is 9.98. The summed E-state index contributed by atoms with van der Waals surface area (Å²) in [5, 5.41) is 26.4. The quantitative estimate of drug-likeness (QED) is 0.733. The molecule has 0 aliphatic heterocycles. The Morgan fingerprint density at radius 3 is 2.38 bits per heavy atom. The van der Waals surface area contributed by atoms with Gasteiger partial charge in [-0.2, -0.15) is 5.26 Å². The molecular weight excluding hydrogens is 166 g/mol. The highest BCUT2D eigenvalue weighted by Crippen LogP contribution is 2.20. The molecule has 0 heterocycles. The summed E-state index contributed by atoms with van der Waals surface area (Å²) in [5.41, 5.74) is 0.828. The third kappa shape index (κ3) is 2.46. The average molecular weight is 177 g/mol. The van der Waals surface area contributed by atoms with Crippen molar-refractivity contribution < 1.29 is 10.2 Å². The standard InChI is InChI=1S/C10H11NO2/c11-7-9(5-6-12)8-1-3-10(13)4-2-8/h1-4,9,12-13H,5-6H2. The van der Waals surface area contributed by atoms with Crippen LogP contribution in [-0.2, 0) is 0 Å². The molecule has 1 aromatic carbocycles. The molecule has 3 heteroatoms. The predicted molar refractivity (Wildman–Crippen MR) is 48.2 cm³/mol. The Labute approximate surface area is 76.9 Å². The van der Waals surface area contributed by atoms with E-state index in [-0.39, 0.29) is 18.3 Å². The Kier molecular flexibility index (Phi) is 3.30. The largest absolute Gasteiger partial charge is 0.508 e. The highest BCUT2D eigenvalue weighted by molar-refractivity contribution is 5.30. The molecule has 0 saturated carbocycles. The summed E-state index contributed by atoms with van der Waals surface area (Å²) < 4.78 is 0.